The first-order valence-corrected chi connectivity index (χ1v) is 8.52. The van der Waals surface area contributed by atoms with Gasteiger partial charge in [-0.1, -0.05) is 12.1 Å². The van der Waals surface area contributed by atoms with Crippen molar-refractivity contribution in [3.63, 3.8) is 0 Å². The lowest BCUT2D eigenvalue weighted by Crippen LogP contribution is -2.07. The number of rotatable bonds is 2. The van der Waals surface area contributed by atoms with Crippen molar-refractivity contribution in [3.8, 4) is 21.3 Å². The first-order chi connectivity index (χ1) is 11.1. The maximum atomic E-state index is 13.0. The average Bonchev–Trinajstić information content (AvgIpc) is 3.14. The molecule has 1 N–H and O–H groups in total. The predicted octanol–water partition coefficient (Wildman–Crippen LogP) is 4.22. The number of H-pyrrole nitrogens is 1. The largest absolute Gasteiger partial charge is 0.303 e. The number of nitrogens with one attached hydrogen (secondary N) is 1. The molecule has 3 heterocycles. The highest BCUT2D eigenvalue weighted by molar-refractivity contribution is 7.22. The molecule has 0 spiro atoms. The second kappa shape index (κ2) is 5.36. The van der Waals surface area contributed by atoms with E-state index in [4.69, 9.17) is 0 Å². The van der Waals surface area contributed by atoms with Gasteiger partial charge in [0.1, 0.15) is 10.5 Å². The number of thiazole rings is 1. The molecule has 0 bridgehead atoms. The molecule has 0 atom stereocenters. The van der Waals surface area contributed by atoms with Crippen LogP contribution < -0.4 is 5.56 Å². The highest BCUT2D eigenvalue weighted by Crippen LogP contribution is 2.32. The summed E-state index contributed by atoms with van der Waals surface area (Å²) < 4.78 is 13.6. The molecule has 0 saturated heterocycles. The zero-order valence-corrected chi connectivity index (χ0v) is 13.6. The molecule has 3 aromatic heterocycles. The fourth-order valence-electron chi connectivity index (χ4n) is 2.26. The van der Waals surface area contributed by atoms with E-state index in [1.54, 1.807) is 12.1 Å². The molecule has 1 aromatic carbocycles. The summed E-state index contributed by atoms with van der Waals surface area (Å²) in [5.74, 6) is 0.191. The van der Waals surface area contributed by atoms with E-state index in [0.717, 1.165) is 16.1 Å². The van der Waals surface area contributed by atoms with E-state index in [1.165, 1.54) is 34.8 Å². The predicted molar refractivity (Wildman–Crippen MR) is 91.5 cm³/mol. The van der Waals surface area contributed by atoms with Crippen LogP contribution in [0.5, 0.6) is 0 Å². The van der Waals surface area contributed by atoms with Crippen molar-refractivity contribution in [1.29, 1.82) is 0 Å². The Labute approximate surface area is 138 Å². The third-order valence-electron chi connectivity index (χ3n) is 3.33. The Kier molecular flexibility index (Phi) is 3.32. The van der Waals surface area contributed by atoms with Crippen LogP contribution in [0.25, 0.3) is 31.5 Å². The zero-order chi connectivity index (χ0) is 16.0. The summed E-state index contributed by atoms with van der Waals surface area (Å²) in [4.78, 5) is 24.8. The van der Waals surface area contributed by atoms with Crippen LogP contribution in [-0.2, 0) is 0 Å². The molecule has 4 aromatic rings. The van der Waals surface area contributed by atoms with Crippen LogP contribution in [-0.4, -0.2) is 15.0 Å². The van der Waals surface area contributed by atoms with Gasteiger partial charge in [-0.3, -0.25) is 4.79 Å². The van der Waals surface area contributed by atoms with Crippen LogP contribution >= 0.6 is 22.7 Å². The lowest BCUT2D eigenvalue weighted by Gasteiger charge is -1.95. The Morgan fingerprint density at radius 1 is 1.17 bits per heavy atom. The molecular weight excluding hydrogens is 333 g/mol. The normalized spacial score (nSPS) is 11.2. The van der Waals surface area contributed by atoms with Gasteiger partial charge in [-0.25, -0.2) is 14.4 Å². The van der Waals surface area contributed by atoms with E-state index in [9.17, 15) is 9.18 Å². The Bertz CT molecular complexity index is 1060. The van der Waals surface area contributed by atoms with Crippen molar-refractivity contribution < 1.29 is 4.39 Å². The van der Waals surface area contributed by atoms with Crippen molar-refractivity contribution in [2.45, 2.75) is 6.92 Å². The van der Waals surface area contributed by atoms with Gasteiger partial charge in [0.15, 0.2) is 10.8 Å². The van der Waals surface area contributed by atoms with Crippen LogP contribution in [0.2, 0.25) is 0 Å². The van der Waals surface area contributed by atoms with E-state index in [1.807, 2.05) is 18.4 Å². The molecule has 7 heteroatoms. The molecule has 114 valence electrons. The van der Waals surface area contributed by atoms with Gasteiger partial charge >= 0.3 is 0 Å². The highest BCUT2D eigenvalue weighted by Gasteiger charge is 2.13. The number of benzene rings is 1. The Morgan fingerprint density at radius 3 is 2.65 bits per heavy atom. The third-order valence-corrected chi connectivity index (χ3v) is 5.47. The summed E-state index contributed by atoms with van der Waals surface area (Å²) in [5, 5.41) is 2.60. The fraction of sp³-hybridized carbons (Fsp3) is 0.0625. The van der Waals surface area contributed by atoms with E-state index in [2.05, 4.69) is 15.0 Å². The van der Waals surface area contributed by atoms with E-state index >= 15 is 0 Å². The van der Waals surface area contributed by atoms with Gasteiger partial charge in [-0.2, -0.15) is 0 Å². The summed E-state index contributed by atoms with van der Waals surface area (Å²) in [6, 6.07) is 8.05. The maximum Gasteiger partial charge on any atom is 0.269 e. The van der Waals surface area contributed by atoms with Crippen molar-refractivity contribution >= 4 is 32.9 Å². The smallest absolute Gasteiger partial charge is 0.269 e. The van der Waals surface area contributed by atoms with Crippen molar-refractivity contribution in [2.75, 3.05) is 0 Å². The van der Waals surface area contributed by atoms with Gasteiger partial charge in [0.25, 0.3) is 5.56 Å². The van der Waals surface area contributed by atoms with Gasteiger partial charge in [0, 0.05) is 16.0 Å². The highest BCUT2D eigenvalue weighted by atomic mass is 32.1. The van der Waals surface area contributed by atoms with E-state index in [0.29, 0.717) is 21.0 Å². The second-order valence-electron chi connectivity index (χ2n) is 5.04. The first kappa shape index (κ1) is 14.2. The molecular formula is C16H10FN3OS2. The molecule has 0 amide bonds. The molecule has 0 radical (unpaired) electrons. The number of aryl methyl sites for hydroxylation is 1. The van der Waals surface area contributed by atoms with Crippen LogP contribution in [0.3, 0.4) is 0 Å². The topological polar surface area (TPSA) is 58.6 Å². The van der Waals surface area contributed by atoms with Gasteiger partial charge in [0.2, 0.25) is 0 Å². The quantitative estimate of drug-likeness (QED) is 0.593. The summed E-state index contributed by atoms with van der Waals surface area (Å²) >= 11 is 2.79. The summed E-state index contributed by atoms with van der Waals surface area (Å²) in [7, 11) is 0. The van der Waals surface area contributed by atoms with Crippen molar-refractivity contribution in [3.05, 3.63) is 57.6 Å². The standard InChI is InChI=1S/C16H10FN3OS2/c1-8-7-22-16(18-8)14-19-11-6-12(23-13(11)15(21)20-14)9-2-4-10(17)5-3-9/h2-7H,1H3,(H,19,20,21). The number of hydrogen-bond acceptors (Lipinski definition) is 5. The second-order valence-corrected chi connectivity index (χ2v) is 6.95. The lowest BCUT2D eigenvalue weighted by atomic mass is 10.2. The summed E-state index contributed by atoms with van der Waals surface area (Å²) in [5.41, 5.74) is 2.20. The number of aromatic nitrogens is 3. The minimum atomic E-state index is -0.285. The lowest BCUT2D eigenvalue weighted by molar-refractivity contribution is 0.628. The Morgan fingerprint density at radius 2 is 1.96 bits per heavy atom. The zero-order valence-electron chi connectivity index (χ0n) is 12.0. The van der Waals surface area contributed by atoms with Crippen LogP contribution in [0.15, 0.2) is 40.5 Å². The molecule has 0 fully saturated rings. The van der Waals surface area contributed by atoms with Gasteiger partial charge < -0.3 is 4.98 Å². The van der Waals surface area contributed by atoms with Crippen molar-refractivity contribution in [1.82, 2.24) is 15.0 Å². The molecule has 0 saturated carbocycles. The summed E-state index contributed by atoms with van der Waals surface area (Å²) in [6.07, 6.45) is 0. The molecule has 4 nitrogen and oxygen atoms in total. The van der Waals surface area contributed by atoms with Gasteiger partial charge in [-0.15, -0.1) is 22.7 Å². The van der Waals surface area contributed by atoms with Gasteiger partial charge in [0.05, 0.1) is 5.52 Å². The van der Waals surface area contributed by atoms with Crippen LogP contribution in [0, 0.1) is 12.7 Å². The minimum Gasteiger partial charge on any atom is -0.303 e. The third kappa shape index (κ3) is 2.58. The van der Waals surface area contributed by atoms with Crippen molar-refractivity contribution in [2.24, 2.45) is 0 Å². The fourth-order valence-corrected chi connectivity index (χ4v) is 4.00. The molecule has 0 unspecified atom stereocenters. The SMILES string of the molecule is Cc1csc(-c2nc3cc(-c4ccc(F)cc4)sc3c(=O)[nH]2)n1. The minimum absolute atomic E-state index is 0.184. The van der Waals surface area contributed by atoms with Crippen LogP contribution in [0.1, 0.15) is 5.69 Å². The van der Waals surface area contributed by atoms with E-state index in [-0.39, 0.29) is 11.4 Å². The number of nitrogens with zero attached hydrogens (tertiary/aromatic N) is 2. The maximum absolute atomic E-state index is 13.0. The van der Waals surface area contributed by atoms with Gasteiger partial charge in [-0.05, 0) is 30.7 Å². The first-order valence-electron chi connectivity index (χ1n) is 6.82. The van der Waals surface area contributed by atoms with Crippen LogP contribution in [0.4, 0.5) is 4.39 Å². The molecule has 4 rings (SSSR count). The number of thiophene rings is 1. The Balaban J connectivity index is 1.87. The average molecular weight is 343 g/mol. The number of fused-ring (bicyclic) bond motifs is 1. The monoisotopic (exact) mass is 343 g/mol. The number of halogens is 1. The molecule has 0 aliphatic rings. The Hall–Kier alpha value is -2.38. The summed E-state index contributed by atoms with van der Waals surface area (Å²) in [6.45, 7) is 1.90. The number of aromatic amines is 1. The molecule has 0 aliphatic carbocycles. The number of hydrogen-bond donors (Lipinski definition) is 1. The molecule has 23 heavy (non-hydrogen) atoms. The van der Waals surface area contributed by atoms with E-state index < -0.39 is 0 Å². The molecule has 0 aliphatic heterocycles.